The van der Waals surface area contributed by atoms with Gasteiger partial charge in [0.1, 0.15) is 23.7 Å². The Labute approximate surface area is 120 Å². The molecule has 6 heteroatoms. The van der Waals surface area contributed by atoms with Crippen LogP contribution in [0, 0.1) is 5.82 Å². The maximum absolute atomic E-state index is 14.2. The summed E-state index contributed by atoms with van der Waals surface area (Å²) in [6.07, 6.45) is 1.38. The second-order valence-corrected chi connectivity index (χ2v) is 4.47. The van der Waals surface area contributed by atoms with Crippen molar-refractivity contribution in [1.82, 2.24) is 9.97 Å². The Morgan fingerprint density at radius 3 is 2.62 bits per heavy atom. The average molecular weight is 284 g/mol. The molecule has 0 unspecified atom stereocenters. The minimum atomic E-state index is -0.442. The van der Waals surface area contributed by atoms with Crippen molar-refractivity contribution in [2.75, 3.05) is 18.2 Å². The number of hydrogen-bond donors (Lipinski definition) is 2. The van der Waals surface area contributed by atoms with Gasteiger partial charge in [0, 0.05) is 23.5 Å². The molecule has 0 saturated carbocycles. The molecule has 21 heavy (non-hydrogen) atoms. The van der Waals surface area contributed by atoms with Gasteiger partial charge in [-0.15, -0.1) is 0 Å². The van der Waals surface area contributed by atoms with Gasteiger partial charge in [0.15, 0.2) is 0 Å². The number of ether oxygens (including phenoxy) is 1. The van der Waals surface area contributed by atoms with Gasteiger partial charge in [0.25, 0.3) is 0 Å². The van der Waals surface area contributed by atoms with E-state index in [1.54, 1.807) is 30.3 Å². The fourth-order valence-electron chi connectivity index (χ4n) is 2.03. The Morgan fingerprint density at radius 2 is 1.90 bits per heavy atom. The molecular weight excluding hydrogens is 271 g/mol. The normalized spacial score (nSPS) is 10.6. The third-order valence-electron chi connectivity index (χ3n) is 3.07. The number of benzene rings is 2. The highest BCUT2D eigenvalue weighted by atomic mass is 19.1. The van der Waals surface area contributed by atoms with Crippen molar-refractivity contribution in [2.24, 2.45) is 0 Å². The van der Waals surface area contributed by atoms with Crippen LogP contribution in [0.25, 0.3) is 10.9 Å². The molecule has 3 N–H and O–H groups in total. The smallest absolute Gasteiger partial charge is 0.144 e. The largest absolute Gasteiger partial charge is 0.497 e. The van der Waals surface area contributed by atoms with Crippen molar-refractivity contribution in [3.8, 4) is 5.75 Å². The Kier molecular flexibility index (Phi) is 3.27. The van der Waals surface area contributed by atoms with Crippen LogP contribution >= 0.6 is 0 Å². The molecule has 0 spiro atoms. The predicted molar refractivity (Wildman–Crippen MR) is 80.2 cm³/mol. The number of rotatable bonds is 3. The van der Waals surface area contributed by atoms with Crippen molar-refractivity contribution in [3.05, 3.63) is 48.5 Å². The second-order valence-electron chi connectivity index (χ2n) is 4.47. The molecule has 0 atom stereocenters. The molecule has 0 radical (unpaired) electrons. The van der Waals surface area contributed by atoms with Crippen LogP contribution in [-0.2, 0) is 0 Å². The summed E-state index contributed by atoms with van der Waals surface area (Å²) in [7, 11) is 1.48. The zero-order valence-corrected chi connectivity index (χ0v) is 11.3. The first kappa shape index (κ1) is 13.1. The lowest BCUT2D eigenvalue weighted by Gasteiger charge is -2.10. The topological polar surface area (TPSA) is 73.1 Å². The van der Waals surface area contributed by atoms with E-state index in [1.807, 2.05) is 0 Å². The van der Waals surface area contributed by atoms with Gasteiger partial charge in [0.2, 0.25) is 0 Å². The quantitative estimate of drug-likeness (QED) is 0.723. The number of methoxy groups -OCH3 is 1. The highest BCUT2D eigenvalue weighted by molar-refractivity contribution is 5.92. The van der Waals surface area contributed by atoms with E-state index in [1.165, 1.54) is 19.5 Å². The van der Waals surface area contributed by atoms with Gasteiger partial charge >= 0.3 is 0 Å². The van der Waals surface area contributed by atoms with E-state index in [4.69, 9.17) is 10.5 Å². The predicted octanol–water partition coefficient (Wildman–Crippen LogP) is 3.10. The van der Waals surface area contributed by atoms with E-state index >= 15 is 0 Å². The Hall–Kier alpha value is -2.89. The van der Waals surface area contributed by atoms with E-state index in [2.05, 4.69) is 15.3 Å². The van der Waals surface area contributed by atoms with E-state index < -0.39 is 5.82 Å². The van der Waals surface area contributed by atoms with Gasteiger partial charge in [-0.1, -0.05) is 0 Å². The summed E-state index contributed by atoms with van der Waals surface area (Å²) in [5.74, 6) is 0.366. The standard InChI is InChI=1S/C15H13FN4O/c1-21-11-6-12(16)14-13(7-11)18-8-19-15(14)20-10-4-2-9(17)3-5-10/h2-8H,17H2,1H3,(H,18,19,20). The summed E-state index contributed by atoms with van der Waals surface area (Å²) in [5.41, 5.74) is 7.53. The van der Waals surface area contributed by atoms with Crippen LogP contribution in [0.2, 0.25) is 0 Å². The molecule has 106 valence electrons. The van der Waals surface area contributed by atoms with Crippen LogP contribution in [0.4, 0.5) is 21.6 Å². The molecule has 0 aliphatic rings. The first-order valence-corrected chi connectivity index (χ1v) is 6.28. The highest BCUT2D eigenvalue weighted by Gasteiger charge is 2.11. The number of anilines is 3. The zero-order chi connectivity index (χ0) is 14.8. The van der Waals surface area contributed by atoms with E-state index in [0.717, 1.165) is 5.69 Å². The van der Waals surface area contributed by atoms with Crippen LogP contribution < -0.4 is 15.8 Å². The third-order valence-corrected chi connectivity index (χ3v) is 3.07. The monoisotopic (exact) mass is 284 g/mol. The molecule has 2 aromatic carbocycles. The van der Waals surface area contributed by atoms with Crippen molar-refractivity contribution in [2.45, 2.75) is 0 Å². The number of fused-ring (bicyclic) bond motifs is 1. The molecule has 3 aromatic rings. The van der Waals surface area contributed by atoms with E-state index in [9.17, 15) is 4.39 Å². The van der Waals surface area contributed by atoms with Gasteiger partial charge in [-0.3, -0.25) is 0 Å². The molecule has 0 fully saturated rings. The highest BCUT2D eigenvalue weighted by Crippen LogP contribution is 2.29. The number of nitrogens with zero attached hydrogens (tertiary/aromatic N) is 2. The van der Waals surface area contributed by atoms with Gasteiger partial charge in [-0.2, -0.15) is 0 Å². The van der Waals surface area contributed by atoms with Crippen molar-refractivity contribution >= 4 is 28.1 Å². The Balaban J connectivity index is 2.08. The Morgan fingerprint density at radius 1 is 1.14 bits per heavy atom. The van der Waals surface area contributed by atoms with E-state index in [-0.39, 0.29) is 0 Å². The maximum atomic E-state index is 14.2. The molecule has 0 amide bonds. The number of nitrogen functional groups attached to an aromatic ring is 1. The van der Waals surface area contributed by atoms with Gasteiger partial charge < -0.3 is 15.8 Å². The Bertz CT molecular complexity index is 790. The van der Waals surface area contributed by atoms with Crippen molar-refractivity contribution in [3.63, 3.8) is 0 Å². The lowest BCUT2D eigenvalue weighted by molar-refractivity contribution is 0.412. The fourth-order valence-corrected chi connectivity index (χ4v) is 2.03. The number of hydrogen-bond acceptors (Lipinski definition) is 5. The second kappa shape index (κ2) is 5.24. The molecule has 1 aromatic heterocycles. The molecule has 0 aliphatic heterocycles. The third kappa shape index (κ3) is 2.55. The first-order valence-electron chi connectivity index (χ1n) is 6.28. The van der Waals surface area contributed by atoms with Crippen molar-refractivity contribution in [1.29, 1.82) is 0 Å². The molecule has 0 aliphatic carbocycles. The van der Waals surface area contributed by atoms with Gasteiger partial charge in [-0.05, 0) is 24.3 Å². The van der Waals surface area contributed by atoms with Crippen LogP contribution in [0.1, 0.15) is 0 Å². The molecular formula is C15H13FN4O. The summed E-state index contributed by atoms with van der Waals surface area (Å²) < 4.78 is 19.3. The summed E-state index contributed by atoms with van der Waals surface area (Å²) in [6, 6.07) is 10.1. The SMILES string of the molecule is COc1cc(F)c2c(Nc3ccc(N)cc3)ncnc2c1. The first-order chi connectivity index (χ1) is 10.2. The van der Waals surface area contributed by atoms with E-state index in [0.29, 0.717) is 28.2 Å². The summed E-state index contributed by atoms with van der Waals surface area (Å²) in [4.78, 5) is 8.18. The summed E-state index contributed by atoms with van der Waals surface area (Å²) in [5, 5.41) is 3.38. The number of nitrogens with two attached hydrogens (primary N) is 1. The molecule has 5 nitrogen and oxygen atoms in total. The fraction of sp³-hybridized carbons (Fsp3) is 0.0667. The average Bonchev–Trinajstić information content (AvgIpc) is 2.49. The minimum absolute atomic E-state index is 0.315. The van der Waals surface area contributed by atoms with Crippen LogP contribution in [0.3, 0.4) is 0 Å². The minimum Gasteiger partial charge on any atom is -0.497 e. The van der Waals surface area contributed by atoms with Gasteiger partial charge in [-0.25, -0.2) is 14.4 Å². The van der Waals surface area contributed by atoms with Crippen LogP contribution in [0.15, 0.2) is 42.7 Å². The summed E-state index contributed by atoms with van der Waals surface area (Å²) >= 11 is 0. The molecule has 0 saturated heterocycles. The maximum Gasteiger partial charge on any atom is 0.144 e. The van der Waals surface area contributed by atoms with Crippen LogP contribution in [-0.4, -0.2) is 17.1 Å². The lowest BCUT2D eigenvalue weighted by atomic mass is 10.2. The number of halogens is 1. The molecule has 1 heterocycles. The van der Waals surface area contributed by atoms with Crippen LogP contribution in [0.5, 0.6) is 5.75 Å². The number of nitrogens with one attached hydrogen (secondary N) is 1. The number of aromatic nitrogens is 2. The molecule has 0 bridgehead atoms. The van der Waals surface area contributed by atoms with Gasteiger partial charge in [0.05, 0.1) is 18.0 Å². The summed E-state index contributed by atoms with van der Waals surface area (Å²) in [6.45, 7) is 0. The molecule has 3 rings (SSSR count). The lowest BCUT2D eigenvalue weighted by Crippen LogP contribution is -1.98. The zero-order valence-electron chi connectivity index (χ0n) is 11.3. The van der Waals surface area contributed by atoms with Crippen molar-refractivity contribution < 1.29 is 9.13 Å².